The molecule has 20 heavy (non-hydrogen) atoms. The number of carbonyl (C=O) groups is 1. The van der Waals surface area contributed by atoms with Crippen molar-refractivity contribution in [2.75, 3.05) is 11.9 Å². The van der Waals surface area contributed by atoms with Crippen molar-refractivity contribution in [2.45, 2.75) is 33.2 Å². The molecule has 1 rings (SSSR count). The molecule has 0 heterocycles. The minimum Gasteiger partial charge on any atom is -0.394 e. The molecule has 0 aliphatic carbocycles. The number of anilines is 1. The van der Waals surface area contributed by atoms with Gasteiger partial charge in [-0.2, -0.15) is 0 Å². The summed E-state index contributed by atoms with van der Waals surface area (Å²) in [7, 11) is 0. The van der Waals surface area contributed by atoms with Crippen molar-refractivity contribution in [2.24, 2.45) is 5.92 Å². The van der Waals surface area contributed by atoms with Crippen molar-refractivity contribution in [1.82, 2.24) is 0 Å². The second-order valence-electron chi connectivity index (χ2n) is 5.20. The number of hydrogen-bond donors (Lipinski definition) is 2. The molecule has 6 nitrogen and oxygen atoms in total. The van der Waals surface area contributed by atoms with E-state index in [0.717, 1.165) is 0 Å². The van der Waals surface area contributed by atoms with Crippen molar-refractivity contribution < 1.29 is 14.8 Å². The molecule has 1 aromatic rings. The number of rotatable bonds is 7. The van der Waals surface area contributed by atoms with Gasteiger partial charge in [-0.3, -0.25) is 14.9 Å². The van der Waals surface area contributed by atoms with Gasteiger partial charge in [0.15, 0.2) is 5.78 Å². The van der Waals surface area contributed by atoms with Gasteiger partial charge in [0.05, 0.1) is 11.5 Å². The third-order valence-electron chi connectivity index (χ3n) is 2.94. The standard InChI is InChI=1S/C14H20N2O4/c1-9(2)6-12(8-17)15-13-5-4-11(10(3)18)7-14(13)16(19)20/h4-5,7,9,12,15,17H,6,8H2,1-3H3. The van der Waals surface area contributed by atoms with Gasteiger partial charge in [-0.1, -0.05) is 13.8 Å². The van der Waals surface area contributed by atoms with Crippen molar-refractivity contribution in [3.63, 3.8) is 0 Å². The largest absolute Gasteiger partial charge is 0.394 e. The van der Waals surface area contributed by atoms with Gasteiger partial charge in [0.2, 0.25) is 0 Å². The molecular weight excluding hydrogens is 260 g/mol. The minimum atomic E-state index is -0.529. The van der Waals surface area contributed by atoms with E-state index in [4.69, 9.17) is 0 Å². The van der Waals surface area contributed by atoms with E-state index in [-0.39, 0.29) is 24.1 Å². The Labute approximate surface area is 118 Å². The van der Waals surface area contributed by atoms with Gasteiger partial charge in [-0.05, 0) is 31.4 Å². The molecule has 1 atom stereocenters. The Morgan fingerprint density at radius 3 is 2.55 bits per heavy atom. The highest BCUT2D eigenvalue weighted by Crippen LogP contribution is 2.27. The van der Waals surface area contributed by atoms with E-state index in [0.29, 0.717) is 23.6 Å². The van der Waals surface area contributed by atoms with Gasteiger partial charge in [0.25, 0.3) is 5.69 Å². The van der Waals surface area contributed by atoms with E-state index in [1.54, 1.807) is 6.07 Å². The van der Waals surface area contributed by atoms with Crippen LogP contribution in [0.2, 0.25) is 0 Å². The van der Waals surface area contributed by atoms with Crippen LogP contribution in [-0.4, -0.2) is 28.5 Å². The highest BCUT2D eigenvalue weighted by atomic mass is 16.6. The first-order chi connectivity index (χ1) is 9.35. The molecule has 0 fully saturated rings. The molecule has 0 aliphatic heterocycles. The molecule has 0 amide bonds. The lowest BCUT2D eigenvalue weighted by Gasteiger charge is -2.19. The number of ketones is 1. The molecule has 6 heteroatoms. The molecule has 110 valence electrons. The topological polar surface area (TPSA) is 92.5 Å². The fraction of sp³-hybridized carbons (Fsp3) is 0.500. The number of carbonyl (C=O) groups excluding carboxylic acids is 1. The lowest BCUT2D eigenvalue weighted by molar-refractivity contribution is -0.384. The number of aliphatic hydroxyl groups is 1. The summed E-state index contributed by atoms with van der Waals surface area (Å²) in [6.07, 6.45) is 0.697. The van der Waals surface area contributed by atoms with Crippen molar-refractivity contribution >= 4 is 17.2 Å². The molecule has 2 N–H and O–H groups in total. The maximum atomic E-state index is 11.3. The first-order valence-corrected chi connectivity index (χ1v) is 6.52. The van der Waals surface area contributed by atoms with Gasteiger partial charge in [-0.15, -0.1) is 0 Å². The predicted molar refractivity (Wildman–Crippen MR) is 77.1 cm³/mol. The second kappa shape index (κ2) is 7.00. The molecule has 0 aliphatic rings. The molecule has 0 aromatic heterocycles. The van der Waals surface area contributed by atoms with Crippen LogP contribution in [0, 0.1) is 16.0 Å². The number of Topliss-reactive ketones (excluding diaryl/α,β-unsaturated/α-hetero) is 1. The second-order valence-corrected chi connectivity index (χ2v) is 5.20. The fourth-order valence-corrected chi connectivity index (χ4v) is 1.99. The average molecular weight is 280 g/mol. The highest BCUT2D eigenvalue weighted by Gasteiger charge is 2.19. The lowest BCUT2D eigenvalue weighted by Crippen LogP contribution is -2.26. The quantitative estimate of drug-likeness (QED) is 0.455. The van der Waals surface area contributed by atoms with Crippen molar-refractivity contribution in [3.05, 3.63) is 33.9 Å². The summed E-state index contributed by atoms with van der Waals surface area (Å²) in [4.78, 5) is 21.8. The van der Waals surface area contributed by atoms with Gasteiger partial charge in [0, 0.05) is 17.7 Å². The van der Waals surface area contributed by atoms with E-state index in [1.165, 1.54) is 19.1 Å². The fourth-order valence-electron chi connectivity index (χ4n) is 1.99. The van der Waals surface area contributed by atoms with Gasteiger partial charge in [0.1, 0.15) is 5.69 Å². The first kappa shape index (κ1) is 16.1. The molecule has 0 saturated carbocycles. The van der Waals surface area contributed by atoms with Gasteiger partial charge < -0.3 is 10.4 Å². The van der Waals surface area contributed by atoms with E-state index >= 15 is 0 Å². The van der Waals surface area contributed by atoms with Crippen LogP contribution in [0.1, 0.15) is 37.6 Å². The van der Waals surface area contributed by atoms with Crippen LogP contribution in [-0.2, 0) is 0 Å². The third kappa shape index (κ3) is 4.31. The Bertz CT molecular complexity index is 500. The summed E-state index contributed by atoms with van der Waals surface area (Å²) in [6, 6.07) is 4.06. The summed E-state index contributed by atoms with van der Waals surface area (Å²) in [5.41, 5.74) is 0.464. The van der Waals surface area contributed by atoms with Crippen molar-refractivity contribution in [3.8, 4) is 0 Å². The van der Waals surface area contributed by atoms with Crippen LogP contribution in [0.15, 0.2) is 18.2 Å². The number of nitro benzene ring substituents is 1. The Hall–Kier alpha value is -1.95. The number of hydrogen-bond acceptors (Lipinski definition) is 5. The van der Waals surface area contributed by atoms with Crippen LogP contribution in [0.3, 0.4) is 0 Å². The summed E-state index contributed by atoms with van der Waals surface area (Å²) in [5, 5.41) is 23.4. The van der Waals surface area contributed by atoms with Crippen LogP contribution < -0.4 is 5.32 Å². The van der Waals surface area contributed by atoms with Crippen LogP contribution >= 0.6 is 0 Å². The number of aliphatic hydroxyl groups excluding tert-OH is 1. The van der Waals surface area contributed by atoms with E-state index in [1.807, 2.05) is 13.8 Å². The number of benzene rings is 1. The number of nitrogens with zero attached hydrogens (tertiary/aromatic N) is 1. The monoisotopic (exact) mass is 280 g/mol. The molecular formula is C14H20N2O4. The maximum Gasteiger partial charge on any atom is 0.293 e. The molecule has 1 aromatic carbocycles. The Morgan fingerprint density at radius 1 is 1.45 bits per heavy atom. The summed E-state index contributed by atoms with van der Waals surface area (Å²) in [6.45, 7) is 5.28. The van der Waals surface area contributed by atoms with Crippen LogP contribution in [0.5, 0.6) is 0 Å². The normalized spacial score (nSPS) is 12.2. The Kier molecular flexibility index (Phi) is 5.64. The van der Waals surface area contributed by atoms with Crippen LogP contribution in [0.25, 0.3) is 0 Å². The molecule has 1 unspecified atom stereocenters. The van der Waals surface area contributed by atoms with E-state index in [2.05, 4.69) is 5.32 Å². The molecule has 0 saturated heterocycles. The van der Waals surface area contributed by atoms with Gasteiger partial charge in [-0.25, -0.2) is 0 Å². The zero-order valence-electron chi connectivity index (χ0n) is 11.9. The zero-order chi connectivity index (χ0) is 15.3. The minimum absolute atomic E-state index is 0.107. The smallest absolute Gasteiger partial charge is 0.293 e. The lowest BCUT2D eigenvalue weighted by atomic mass is 10.0. The SMILES string of the molecule is CC(=O)c1ccc(NC(CO)CC(C)C)c([N+](=O)[O-])c1. The Balaban J connectivity index is 3.04. The zero-order valence-corrected chi connectivity index (χ0v) is 11.9. The number of nitro groups is 1. The highest BCUT2D eigenvalue weighted by molar-refractivity contribution is 5.95. The summed E-state index contributed by atoms with van der Waals surface area (Å²) in [5.74, 6) is 0.135. The molecule has 0 spiro atoms. The number of nitrogens with one attached hydrogen (secondary N) is 1. The third-order valence-corrected chi connectivity index (χ3v) is 2.94. The molecule has 0 radical (unpaired) electrons. The summed E-state index contributed by atoms with van der Waals surface area (Å²) >= 11 is 0. The van der Waals surface area contributed by atoms with Gasteiger partial charge >= 0.3 is 0 Å². The van der Waals surface area contributed by atoms with E-state index in [9.17, 15) is 20.0 Å². The van der Waals surface area contributed by atoms with Crippen molar-refractivity contribution in [1.29, 1.82) is 0 Å². The Morgan fingerprint density at radius 2 is 2.10 bits per heavy atom. The first-order valence-electron chi connectivity index (χ1n) is 6.52. The maximum absolute atomic E-state index is 11.3. The predicted octanol–water partition coefficient (Wildman–Crippen LogP) is 2.62. The summed E-state index contributed by atoms with van der Waals surface area (Å²) < 4.78 is 0. The van der Waals surface area contributed by atoms with Crippen LogP contribution in [0.4, 0.5) is 11.4 Å². The average Bonchev–Trinajstić information content (AvgIpc) is 2.37. The van der Waals surface area contributed by atoms with E-state index < -0.39 is 4.92 Å². The molecule has 0 bridgehead atoms.